The van der Waals surface area contributed by atoms with Gasteiger partial charge in [0.25, 0.3) is 5.91 Å². The molecule has 3 rings (SSSR count). The van der Waals surface area contributed by atoms with Gasteiger partial charge in [-0.2, -0.15) is 0 Å². The molecule has 0 aliphatic heterocycles. The van der Waals surface area contributed by atoms with Gasteiger partial charge in [-0.15, -0.1) is 0 Å². The van der Waals surface area contributed by atoms with Gasteiger partial charge in [0, 0.05) is 11.3 Å². The van der Waals surface area contributed by atoms with Crippen LogP contribution in [-0.2, 0) is 6.61 Å². The largest absolute Gasteiger partial charge is 0.489 e. The van der Waals surface area contributed by atoms with Crippen molar-refractivity contribution in [2.24, 2.45) is 0 Å². The van der Waals surface area contributed by atoms with Gasteiger partial charge in [0.2, 0.25) is 0 Å². The van der Waals surface area contributed by atoms with Gasteiger partial charge >= 0.3 is 0 Å². The number of nitrogens with one attached hydrogen (secondary N) is 2. The molecule has 0 radical (unpaired) electrons. The molecule has 28 heavy (non-hydrogen) atoms. The summed E-state index contributed by atoms with van der Waals surface area (Å²) in [5, 5.41) is 6.09. The van der Waals surface area contributed by atoms with E-state index in [-0.39, 0.29) is 11.0 Å². The molecule has 0 saturated carbocycles. The van der Waals surface area contributed by atoms with Crippen LogP contribution in [0.3, 0.4) is 0 Å². The van der Waals surface area contributed by atoms with Crippen molar-refractivity contribution in [1.29, 1.82) is 0 Å². The topological polar surface area (TPSA) is 50.4 Å². The van der Waals surface area contributed by atoms with Gasteiger partial charge in [-0.05, 0) is 67.0 Å². The minimum atomic E-state index is -0.265. The Morgan fingerprint density at radius 2 is 1.54 bits per heavy atom. The van der Waals surface area contributed by atoms with Crippen LogP contribution in [-0.4, -0.2) is 11.0 Å². The van der Waals surface area contributed by atoms with Gasteiger partial charge < -0.3 is 10.1 Å². The highest BCUT2D eigenvalue weighted by Gasteiger charge is 2.10. The molecule has 0 unspecified atom stereocenters. The number of ether oxygens (including phenoxy) is 1. The van der Waals surface area contributed by atoms with Crippen molar-refractivity contribution in [2.45, 2.75) is 20.5 Å². The minimum Gasteiger partial charge on any atom is -0.489 e. The summed E-state index contributed by atoms with van der Waals surface area (Å²) in [4.78, 5) is 12.4. The number of hydrogen-bond acceptors (Lipinski definition) is 3. The first-order valence-electron chi connectivity index (χ1n) is 8.98. The number of anilines is 1. The fourth-order valence-electron chi connectivity index (χ4n) is 2.78. The summed E-state index contributed by atoms with van der Waals surface area (Å²) in [6.07, 6.45) is 0. The monoisotopic (exact) mass is 390 g/mol. The van der Waals surface area contributed by atoms with E-state index in [9.17, 15) is 4.79 Å². The number of hydrogen-bond donors (Lipinski definition) is 2. The van der Waals surface area contributed by atoms with Gasteiger partial charge in [0.1, 0.15) is 12.4 Å². The van der Waals surface area contributed by atoms with E-state index in [0.717, 1.165) is 22.4 Å². The molecule has 0 saturated heterocycles. The Bertz CT molecular complexity index is 949. The van der Waals surface area contributed by atoms with Gasteiger partial charge in [0.15, 0.2) is 5.11 Å². The molecule has 0 bridgehead atoms. The standard InChI is InChI=1S/C23H22N2O2S/c1-16-7-6-8-17(2)21(16)24-23(28)25-22(26)19-11-13-20(14-12-19)27-15-18-9-4-3-5-10-18/h3-14H,15H2,1-2H3,(H2,24,25,26,28). The quantitative estimate of drug-likeness (QED) is 0.601. The first-order chi connectivity index (χ1) is 13.5. The van der Waals surface area contributed by atoms with E-state index >= 15 is 0 Å². The number of rotatable bonds is 5. The third kappa shape index (κ3) is 5.18. The van der Waals surface area contributed by atoms with Crippen molar-refractivity contribution in [2.75, 3.05) is 5.32 Å². The Labute approximate surface area is 170 Å². The highest BCUT2D eigenvalue weighted by Crippen LogP contribution is 2.19. The zero-order chi connectivity index (χ0) is 19.9. The zero-order valence-corrected chi connectivity index (χ0v) is 16.7. The Balaban J connectivity index is 1.56. The third-order valence-corrected chi connectivity index (χ3v) is 4.52. The van der Waals surface area contributed by atoms with Crippen LogP contribution in [0.4, 0.5) is 5.69 Å². The van der Waals surface area contributed by atoms with Crippen molar-refractivity contribution in [3.63, 3.8) is 0 Å². The second-order valence-electron chi connectivity index (χ2n) is 6.47. The van der Waals surface area contributed by atoms with E-state index in [1.807, 2.05) is 62.4 Å². The van der Waals surface area contributed by atoms with Crippen LogP contribution in [0.5, 0.6) is 5.75 Å². The van der Waals surface area contributed by atoms with Crippen LogP contribution in [0.2, 0.25) is 0 Å². The molecule has 0 atom stereocenters. The molecule has 4 nitrogen and oxygen atoms in total. The second kappa shape index (κ2) is 9.15. The lowest BCUT2D eigenvalue weighted by atomic mass is 10.1. The lowest BCUT2D eigenvalue weighted by molar-refractivity contribution is 0.0977. The first-order valence-corrected chi connectivity index (χ1v) is 9.39. The molecule has 0 heterocycles. The number of carbonyl (C=O) groups is 1. The molecule has 3 aromatic rings. The molecule has 0 aromatic heterocycles. The molecule has 142 valence electrons. The fraction of sp³-hybridized carbons (Fsp3) is 0.130. The average Bonchev–Trinajstić information content (AvgIpc) is 2.70. The predicted octanol–water partition coefficient (Wildman–Crippen LogP) is 5.01. The maximum Gasteiger partial charge on any atom is 0.257 e. The van der Waals surface area contributed by atoms with Gasteiger partial charge in [-0.3, -0.25) is 10.1 Å². The van der Waals surface area contributed by atoms with E-state index < -0.39 is 0 Å². The van der Waals surface area contributed by atoms with E-state index in [0.29, 0.717) is 17.9 Å². The number of benzene rings is 3. The van der Waals surface area contributed by atoms with Gasteiger partial charge in [0.05, 0.1) is 0 Å². The average molecular weight is 391 g/mol. The lowest BCUT2D eigenvalue weighted by Crippen LogP contribution is -2.34. The van der Waals surface area contributed by atoms with Crippen molar-refractivity contribution in [3.8, 4) is 5.75 Å². The first kappa shape index (κ1) is 19.6. The highest BCUT2D eigenvalue weighted by atomic mass is 32.1. The SMILES string of the molecule is Cc1cccc(C)c1NC(=S)NC(=O)c1ccc(OCc2ccccc2)cc1. The summed E-state index contributed by atoms with van der Waals surface area (Å²) in [6.45, 7) is 4.47. The summed E-state index contributed by atoms with van der Waals surface area (Å²) in [6, 6.07) is 22.9. The predicted molar refractivity (Wildman–Crippen MR) is 117 cm³/mol. The Hall–Kier alpha value is -3.18. The summed E-state index contributed by atoms with van der Waals surface area (Å²) in [5.41, 5.74) is 4.65. The van der Waals surface area contributed by atoms with Crippen LogP contribution in [0.25, 0.3) is 0 Å². The molecule has 0 fully saturated rings. The van der Waals surface area contributed by atoms with Crippen molar-refractivity contribution >= 4 is 28.9 Å². The summed E-state index contributed by atoms with van der Waals surface area (Å²) >= 11 is 5.29. The normalized spacial score (nSPS) is 10.2. The van der Waals surface area contributed by atoms with Crippen LogP contribution in [0.15, 0.2) is 72.8 Å². The van der Waals surface area contributed by atoms with Crippen LogP contribution >= 0.6 is 12.2 Å². The number of para-hydroxylation sites is 1. The van der Waals surface area contributed by atoms with Gasteiger partial charge in [-0.25, -0.2) is 0 Å². The summed E-state index contributed by atoms with van der Waals surface area (Å²) < 4.78 is 5.74. The smallest absolute Gasteiger partial charge is 0.257 e. The minimum absolute atomic E-state index is 0.265. The molecule has 3 aromatic carbocycles. The van der Waals surface area contributed by atoms with Crippen molar-refractivity contribution in [1.82, 2.24) is 5.32 Å². The van der Waals surface area contributed by atoms with Crippen LogP contribution in [0, 0.1) is 13.8 Å². The van der Waals surface area contributed by atoms with Crippen LogP contribution in [0.1, 0.15) is 27.0 Å². The molecule has 0 spiro atoms. The Morgan fingerprint density at radius 3 is 2.18 bits per heavy atom. The number of thiocarbonyl (C=S) groups is 1. The number of amides is 1. The molecule has 0 aliphatic rings. The number of carbonyl (C=O) groups excluding carboxylic acids is 1. The van der Waals surface area contributed by atoms with Crippen LogP contribution < -0.4 is 15.4 Å². The highest BCUT2D eigenvalue weighted by molar-refractivity contribution is 7.80. The molecule has 5 heteroatoms. The zero-order valence-electron chi connectivity index (χ0n) is 15.9. The third-order valence-electron chi connectivity index (χ3n) is 4.31. The van der Waals surface area contributed by atoms with E-state index in [4.69, 9.17) is 17.0 Å². The van der Waals surface area contributed by atoms with Gasteiger partial charge in [-0.1, -0.05) is 48.5 Å². The summed E-state index contributed by atoms with van der Waals surface area (Å²) in [5.74, 6) is 0.440. The lowest BCUT2D eigenvalue weighted by Gasteiger charge is -2.14. The van der Waals surface area contributed by atoms with E-state index in [1.54, 1.807) is 24.3 Å². The fourth-order valence-corrected chi connectivity index (χ4v) is 2.97. The second-order valence-corrected chi connectivity index (χ2v) is 6.88. The van der Waals surface area contributed by atoms with E-state index in [1.165, 1.54) is 0 Å². The Kier molecular flexibility index (Phi) is 6.40. The summed E-state index contributed by atoms with van der Waals surface area (Å²) in [7, 11) is 0. The molecule has 2 N–H and O–H groups in total. The van der Waals surface area contributed by atoms with Crippen molar-refractivity contribution in [3.05, 3.63) is 95.1 Å². The van der Waals surface area contributed by atoms with Crippen molar-refractivity contribution < 1.29 is 9.53 Å². The Morgan fingerprint density at radius 1 is 0.893 bits per heavy atom. The molecular formula is C23H22N2O2S. The maximum absolute atomic E-state index is 12.4. The molecular weight excluding hydrogens is 368 g/mol. The maximum atomic E-state index is 12.4. The number of aryl methyl sites for hydroxylation is 2. The van der Waals surface area contributed by atoms with E-state index in [2.05, 4.69) is 10.6 Å². The molecule has 1 amide bonds. The molecule has 0 aliphatic carbocycles.